The van der Waals surface area contributed by atoms with Gasteiger partial charge in [-0.25, -0.2) is 4.98 Å². The van der Waals surface area contributed by atoms with Crippen molar-refractivity contribution in [3.8, 4) is 17.3 Å². The first-order valence-electron chi connectivity index (χ1n) is 6.82. The highest BCUT2D eigenvalue weighted by Gasteiger charge is 2.13. The van der Waals surface area contributed by atoms with Gasteiger partial charge in [-0.2, -0.15) is 0 Å². The first kappa shape index (κ1) is 12.6. The minimum atomic E-state index is -0.252. The number of benzene rings is 2. The standard InChI is InChI=1S/C17H12N2O3/c1-21-13-8-4-6-11-15(13)17(20)19-16(18-11)14-9-10-5-2-3-7-12(10)22-14/h2-9H,1H3,(H,18,19,20). The first-order chi connectivity index (χ1) is 10.8. The van der Waals surface area contributed by atoms with Crippen molar-refractivity contribution in [1.82, 2.24) is 9.97 Å². The summed E-state index contributed by atoms with van der Waals surface area (Å²) in [6.45, 7) is 0. The zero-order chi connectivity index (χ0) is 15.1. The molecule has 2 heterocycles. The number of fused-ring (bicyclic) bond motifs is 2. The quantitative estimate of drug-likeness (QED) is 0.615. The number of hydrogen-bond acceptors (Lipinski definition) is 4. The maximum atomic E-state index is 12.4. The molecule has 0 saturated carbocycles. The van der Waals surface area contributed by atoms with E-state index in [2.05, 4.69) is 9.97 Å². The van der Waals surface area contributed by atoms with Crippen molar-refractivity contribution in [2.75, 3.05) is 7.11 Å². The molecule has 4 rings (SSSR count). The van der Waals surface area contributed by atoms with Crippen molar-refractivity contribution in [2.45, 2.75) is 0 Å². The van der Waals surface area contributed by atoms with E-state index in [0.717, 1.165) is 11.0 Å². The summed E-state index contributed by atoms with van der Waals surface area (Å²) in [5, 5.41) is 1.40. The molecule has 22 heavy (non-hydrogen) atoms. The summed E-state index contributed by atoms with van der Waals surface area (Å²) in [7, 11) is 1.53. The monoisotopic (exact) mass is 292 g/mol. The van der Waals surface area contributed by atoms with Crippen molar-refractivity contribution in [1.29, 1.82) is 0 Å². The van der Waals surface area contributed by atoms with E-state index in [9.17, 15) is 4.79 Å². The largest absolute Gasteiger partial charge is 0.496 e. The summed E-state index contributed by atoms with van der Waals surface area (Å²) in [5.41, 5.74) is 1.07. The van der Waals surface area contributed by atoms with E-state index in [1.165, 1.54) is 7.11 Å². The minimum absolute atomic E-state index is 0.252. The van der Waals surface area contributed by atoms with Crippen LogP contribution < -0.4 is 10.3 Å². The van der Waals surface area contributed by atoms with E-state index in [-0.39, 0.29) is 5.56 Å². The number of nitrogens with one attached hydrogen (secondary N) is 1. The van der Waals surface area contributed by atoms with Gasteiger partial charge >= 0.3 is 0 Å². The van der Waals surface area contributed by atoms with Gasteiger partial charge in [-0.05, 0) is 24.3 Å². The van der Waals surface area contributed by atoms with E-state index in [1.807, 2.05) is 30.3 Å². The summed E-state index contributed by atoms with van der Waals surface area (Å²) in [5.74, 6) is 1.44. The molecule has 2 aromatic heterocycles. The van der Waals surface area contributed by atoms with Crippen molar-refractivity contribution >= 4 is 21.9 Å². The number of ether oxygens (including phenoxy) is 1. The third-order valence-corrected chi connectivity index (χ3v) is 3.57. The van der Waals surface area contributed by atoms with Crippen molar-refractivity contribution < 1.29 is 9.15 Å². The van der Waals surface area contributed by atoms with Crippen LogP contribution in [0.3, 0.4) is 0 Å². The van der Waals surface area contributed by atoms with E-state index < -0.39 is 0 Å². The summed E-state index contributed by atoms with van der Waals surface area (Å²) in [4.78, 5) is 19.6. The van der Waals surface area contributed by atoms with Gasteiger partial charge in [-0.15, -0.1) is 0 Å². The highest BCUT2D eigenvalue weighted by Crippen LogP contribution is 2.27. The molecule has 0 aliphatic rings. The lowest BCUT2D eigenvalue weighted by Crippen LogP contribution is -2.10. The van der Waals surface area contributed by atoms with Gasteiger partial charge in [0.15, 0.2) is 11.6 Å². The van der Waals surface area contributed by atoms with E-state index in [0.29, 0.717) is 28.2 Å². The lowest BCUT2D eigenvalue weighted by atomic mass is 10.2. The Morgan fingerprint density at radius 3 is 2.82 bits per heavy atom. The molecule has 5 nitrogen and oxygen atoms in total. The van der Waals surface area contributed by atoms with Gasteiger partial charge in [0.1, 0.15) is 16.7 Å². The van der Waals surface area contributed by atoms with Crippen LogP contribution in [0.15, 0.2) is 57.7 Å². The SMILES string of the molecule is COc1cccc2nc(-c3cc4ccccc4o3)[nH]c(=O)c12. The topological polar surface area (TPSA) is 68.1 Å². The number of furan rings is 1. The van der Waals surface area contributed by atoms with E-state index in [4.69, 9.17) is 9.15 Å². The Labute approximate surface area is 125 Å². The Kier molecular flexibility index (Phi) is 2.72. The Hall–Kier alpha value is -3.08. The second-order valence-electron chi connectivity index (χ2n) is 4.92. The highest BCUT2D eigenvalue weighted by molar-refractivity contribution is 5.86. The molecule has 0 fully saturated rings. The third kappa shape index (κ3) is 1.87. The number of para-hydroxylation sites is 1. The average Bonchev–Trinajstić information content (AvgIpc) is 2.98. The highest BCUT2D eigenvalue weighted by atomic mass is 16.5. The fraction of sp³-hybridized carbons (Fsp3) is 0.0588. The van der Waals surface area contributed by atoms with Crippen LogP contribution in [0.5, 0.6) is 5.75 Å². The lowest BCUT2D eigenvalue weighted by Gasteiger charge is -2.04. The third-order valence-electron chi connectivity index (χ3n) is 3.57. The fourth-order valence-electron chi connectivity index (χ4n) is 2.54. The molecule has 0 bridgehead atoms. The fourth-order valence-corrected chi connectivity index (χ4v) is 2.54. The van der Waals surface area contributed by atoms with Gasteiger partial charge in [0.05, 0.1) is 12.6 Å². The number of nitrogens with zero attached hydrogens (tertiary/aromatic N) is 1. The zero-order valence-corrected chi connectivity index (χ0v) is 11.8. The summed E-state index contributed by atoms with van der Waals surface area (Å²) in [6.07, 6.45) is 0. The van der Waals surface area contributed by atoms with Gasteiger partial charge in [0.2, 0.25) is 0 Å². The molecule has 108 valence electrons. The van der Waals surface area contributed by atoms with Crippen molar-refractivity contribution in [3.05, 3.63) is 58.9 Å². The number of aromatic amines is 1. The predicted octanol–water partition coefficient (Wildman–Crippen LogP) is 3.34. The maximum Gasteiger partial charge on any atom is 0.262 e. The Morgan fingerprint density at radius 2 is 2.00 bits per heavy atom. The van der Waals surface area contributed by atoms with Gasteiger partial charge in [0, 0.05) is 5.39 Å². The number of rotatable bonds is 2. The number of H-pyrrole nitrogens is 1. The Morgan fingerprint density at radius 1 is 1.14 bits per heavy atom. The number of aromatic nitrogens is 2. The molecule has 0 aliphatic heterocycles. The maximum absolute atomic E-state index is 12.4. The van der Waals surface area contributed by atoms with E-state index >= 15 is 0 Å². The smallest absolute Gasteiger partial charge is 0.262 e. The second-order valence-corrected chi connectivity index (χ2v) is 4.92. The van der Waals surface area contributed by atoms with Gasteiger partial charge < -0.3 is 14.1 Å². The molecule has 1 N–H and O–H groups in total. The molecule has 0 spiro atoms. The minimum Gasteiger partial charge on any atom is -0.496 e. The normalized spacial score (nSPS) is 11.1. The summed E-state index contributed by atoms with van der Waals surface area (Å²) < 4.78 is 11.0. The average molecular weight is 292 g/mol. The van der Waals surface area contributed by atoms with Crippen molar-refractivity contribution in [2.24, 2.45) is 0 Å². The van der Waals surface area contributed by atoms with Crippen LogP contribution in [0.25, 0.3) is 33.5 Å². The molecule has 5 heteroatoms. The van der Waals surface area contributed by atoms with Crippen LogP contribution in [-0.4, -0.2) is 17.1 Å². The van der Waals surface area contributed by atoms with Crippen LogP contribution in [0, 0.1) is 0 Å². The molecule has 0 amide bonds. The lowest BCUT2D eigenvalue weighted by molar-refractivity contribution is 0.419. The van der Waals surface area contributed by atoms with Gasteiger partial charge in [-0.3, -0.25) is 4.79 Å². The molecule has 4 aromatic rings. The summed E-state index contributed by atoms with van der Waals surface area (Å²) in [6, 6.07) is 14.8. The molecule has 0 saturated heterocycles. The molecular formula is C17H12N2O3. The van der Waals surface area contributed by atoms with Crippen LogP contribution in [-0.2, 0) is 0 Å². The van der Waals surface area contributed by atoms with Crippen LogP contribution >= 0.6 is 0 Å². The predicted molar refractivity (Wildman–Crippen MR) is 84.1 cm³/mol. The molecule has 0 atom stereocenters. The number of methoxy groups -OCH3 is 1. The molecule has 0 unspecified atom stereocenters. The van der Waals surface area contributed by atoms with Gasteiger partial charge in [0.25, 0.3) is 5.56 Å². The summed E-state index contributed by atoms with van der Waals surface area (Å²) >= 11 is 0. The molecular weight excluding hydrogens is 280 g/mol. The van der Waals surface area contributed by atoms with E-state index in [1.54, 1.807) is 18.2 Å². The van der Waals surface area contributed by atoms with Crippen molar-refractivity contribution in [3.63, 3.8) is 0 Å². The second kappa shape index (κ2) is 4.73. The van der Waals surface area contributed by atoms with Crippen LogP contribution in [0.1, 0.15) is 0 Å². The van der Waals surface area contributed by atoms with Gasteiger partial charge in [-0.1, -0.05) is 24.3 Å². The van der Waals surface area contributed by atoms with Crippen LogP contribution in [0.2, 0.25) is 0 Å². The molecule has 0 aliphatic carbocycles. The Bertz CT molecular complexity index is 1010. The molecule has 2 aromatic carbocycles. The molecule has 0 radical (unpaired) electrons. The zero-order valence-electron chi connectivity index (χ0n) is 11.8. The first-order valence-corrected chi connectivity index (χ1v) is 6.82. The Balaban J connectivity index is 1.98. The number of hydrogen-bond donors (Lipinski definition) is 1. The van der Waals surface area contributed by atoms with Crippen LogP contribution in [0.4, 0.5) is 0 Å².